The van der Waals surface area contributed by atoms with Crippen molar-refractivity contribution in [3.63, 3.8) is 0 Å². The fourth-order valence-electron chi connectivity index (χ4n) is 3.62. The molecular formula is C19H31N5O2. The van der Waals surface area contributed by atoms with E-state index in [-0.39, 0.29) is 6.03 Å². The van der Waals surface area contributed by atoms with Crippen molar-refractivity contribution < 1.29 is 9.53 Å². The number of anilines is 1. The lowest BCUT2D eigenvalue weighted by molar-refractivity contribution is 0.102. The van der Waals surface area contributed by atoms with E-state index in [9.17, 15) is 4.79 Å². The second-order valence-corrected chi connectivity index (χ2v) is 7.26. The van der Waals surface area contributed by atoms with Crippen molar-refractivity contribution in [2.24, 2.45) is 0 Å². The number of hydrogen-bond donors (Lipinski definition) is 1. The largest absolute Gasteiger partial charge is 0.378 e. The van der Waals surface area contributed by atoms with Crippen molar-refractivity contribution >= 4 is 11.8 Å². The second kappa shape index (κ2) is 9.16. The number of unbranched alkanes of at least 4 members (excludes halogenated alkanes) is 1. The van der Waals surface area contributed by atoms with Gasteiger partial charge in [0.05, 0.1) is 17.5 Å². The summed E-state index contributed by atoms with van der Waals surface area (Å²) < 4.78 is 5.63. The zero-order valence-corrected chi connectivity index (χ0v) is 16.0. The molecule has 2 saturated heterocycles. The molecule has 0 bridgehead atoms. The first kappa shape index (κ1) is 18.9. The molecular weight excluding hydrogens is 330 g/mol. The first-order valence-corrected chi connectivity index (χ1v) is 9.83. The van der Waals surface area contributed by atoms with Crippen molar-refractivity contribution in [3.05, 3.63) is 17.6 Å². The molecule has 0 saturated carbocycles. The minimum absolute atomic E-state index is 0.0498. The van der Waals surface area contributed by atoms with Crippen LogP contribution in [0.25, 0.3) is 0 Å². The fourth-order valence-corrected chi connectivity index (χ4v) is 3.62. The lowest BCUT2D eigenvalue weighted by Crippen LogP contribution is -2.52. The molecule has 144 valence electrons. The maximum absolute atomic E-state index is 12.3. The number of piperazine rings is 1. The highest BCUT2D eigenvalue weighted by atomic mass is 16.5. The van der Waals surface area contributed by atoms with Gasteiger partial charge in [0.25, 0.3) is 0 Å². The molecule has 1 N–H and O–H groups in total. The molecule has 1 unspecified atom stereocenters. The Hall–Kier alpha value is -1.89. The zero-order valence-electron chi connectivity index (χ0n) is 16.0. The van der Waals surface area contributed by atoms with Gasteiger partial charge in [0.2, 0.25) is 0 Å². The Morgan fingerprint density at radius 1 is 1.27 bits per heavy atom. The van der Waals surface area contributed by atoms with Crippen molar-refractivity contribution in [1.82, 2.24) is 20.2 Å². The van der Waals surface area contributed by atoms with E-state index in [0.29, 0.717) is 6.10 Å². The first-order chi connectivity index (χ1) is 12.6. The van der Waals surface area contributed by atoms with E-state index in [4.69, 9.17) is 4.74 Å². The van der Waals surface area contributed by atoms with Crippen LogP contribution >= 0.6 is 0 Å². The summed E-state index contributed by atoms with van der Waals surface area (Å²) in [6, 6.07) is 0.0498. The third-order valence-electron chi connectivity index (χ3n) is 5.17. The minimum atomic E-state index is 0.0498. The molecule has 0 spiro atoms. The van der Waals surface area contributed by atoms with Crippen LogP contribution in [0.2, 0.25) is 0 Å². The van der Waals surface area contributed by atoms with Gasteiger partial charge in [-0.2, -0.15) is 0 Å². The van der Waals surface area contributed by atoms with Gasteiger partial charge in [0, 0.05) is 45.5 Å². The fraction of sp³-hybridized carbons (Fsp3) is 0.737. The Balaban J connectivity index is 1.34. The average Bonchev–Trinajstić information content (AvgIpc) is 3.17. The number of carbonyl (C=O) groups is 1. The number of nitrogens with one attached hydrogen (secondary N) is 1. The third kappa shape index (κ3) is 5.06. The quantitative estimate of drug-likeness (QED) is 0.787. The van der Waals surface area contributed by atoms with Crippen LogP contribution in [0.15, 0.2) is 6.20 Å². The summed E-state index contributed by atoms with van der Waals surface area (Å²) in [5, 5.41) is 3.05. The monoisotopic (exact) mass is 361 g/mol. The Morgan fingerprint density at radius 3 is 2.81 bits per heavy atom. The molecule has 3 rings (SSSR count). The van der Waals surface area contributed by atoms with Gasteiger partial charge in [0.15, 0.2) is 0 Å². The number of urea groups is 1. The summed E-state index contributed by atoms with van der Waals surface area (Å²) in [6.07, 6.45) is 7.88. The molecule has 0 aromatic carbocycles. The van der Waals surface area contributed by atoms with Gasteiger partial charge in [-0.25, -0.2) is 9.78 Å². The highest BCUT2D eigenvalue weighted by molar-refractivity contribution is 5.74. The second-order valence-electron chi connectivity index (χ2n) is 7.26. The summed E-state index contributed by atoms with van der Waals surface area (Å²) in [5.41, 5.74) is 1.87. The molecule has 26 heavy (non-hydrogen) atoms. The number of aromatic nitrogens is 2. The van der Waals surface area contributed by atoms with E-state index in [1.165, 1.54) is 12.8 Å². The van der Waals surface area contributed by atoms with E-state index in [1.807, 2.05) is 18.7 Å². The molecule has 3 heterocycles. The highest BCUT2D eigenvalue weighted by Crippen LogP contribution is 2.18. The SMILES string of the molecule is Cc1cnc(C)c(N2CCN(C(=O)NCCCCC3CCCO3)CC2)n1. The van der Waals surface area contributed by atoms with Crippen molar-refractivity contribution in [2.45, 2.75) is 52.1 Å². The van der Waals surface area contributed by atoms with Crippen LogP contribution in [0.4, 0.5) is 10.6 Å². The smallest absolute Gasteiger partial charge is 0.317 e. The van der Waals surface area contributed by atoms with E-state index < -0.39 is 0 Å². The maximum atomic E-state index is 12.3. The molecule has 7 nitrogen and oxygen atoms in total. The number of aryl methyl sites for hydroxylation is 2. The number of ether oxygens (including phenoxy) is 1. The third-order valence-corrected chi connectivity index (χ3v) is 5.17. The Kier molecular flexibility index (Phi) is 6.66. The topological polar surface area (TPSA) is 70.6 Å². The summed E-state index contributed by atoms with van der Waals surface area (Å²) in [5.74, 6) is 0.944. The first-order valence-electron chi connectivity index (χ1n) is 9.83. The number of hydrogen-bond acceptors (Lipinski definition) is 5. The van der Waals surface area contributed by atoms with Gasteiger partial charge >= 0.3 is 6.03 Å². The Bertz CT molecular complexity index is 596. The van der Waals surface area contributed by atoms with Crippen molar-refractivity contribution in [2.75, 3.05) is 44.2 Å². The maximum Gasteiger partial charge on any atom is 0.317 e. The molecule has 0 aliphatic carbocycles. The van der Waals surface area contributed by atoms with Crippen LogP contribution in [0.3, 0.4) is 0 Å². The lowest BCUT2D eigenvalue weighted by Gasteiger charge is -2.35. The molecule has 0 radical (unpaired) electrons. The molecule has 2 aliphatic heterocycles. The van der Waals surface area contributed by atoms with Gasteiger partial charge < -0.3 is 19.9 Å². The predicted octanol–water partition coefficient (Wildman–Crippen LogP) is 2.27. The van der Waals surface area contributed by atoms with Gasteiger partial charge in [-0.05, 0) is 46.0 Å². The van der Waals surface area contributed by atoms with E-state index in [2.05, 4.69) is 20.2 Å². The van der Waals surface area contributed by atoms with Crippen LogP contribution in [-0.2, 0) is 4.74 Å². The van der Waals surface area contributed by atoms with Gasteiger partial charge in [-0.3, -0.25) is 4.98 Å². The molecule has 1 aromatic heterocycles. The normalized spacial score (nSPS) is 20.5. The van der Waals surface area contributed by atoms with Crippen molar-refractivity contribution in [1.29, 1.82) is 0 Å². The lowest BCUT2D eigenvalue weighted by atomic mass is 10.1. The Morgan fingerprint density at radius 2 is 2.08 bits per heavy atom. The zero-order chi connectivity index (χ0) is 18.4. The number of rotatable bonds is 6. The molecule has 7 heteroatoms. The van der Waals surface area contributed by atoms with Gasteiger partial charge in [-0.1, -0.05) is 0 Å². The standard InChI is InChI=1S/C19H31N5O2/c1-15-14-21-16(2)18(22-15)23-9-11-24(12-10-23)19(25)20-8-4-3-6-17-7-5-13-26-17/h14,17H,3-13H2,1-2H3,(H,20,25). The molecule has 2 amide bonds. The molecule has 1 atom stereocenters. The van der Waals surface area contributed by atoms with Crippen LogP contribution in [0, 0.1) is 13.8 Å². The number of carbonyl (C=O) groups excluding carboxylic acids is 1. The van der Waals surface area contributed by atoms with Gasteiger partial charge in [-0.15, -0.1) is 0 Å². The van der Waals surface area contributed by atoms with Crippen LogP contribution in [0.1, 0.15) is 43.5 Å². The minimum Gasteiger partial charge on any atom is -0.378 e. The number of nitrogens with zero attached hydrogens (tertiary/aromatic N) is 4. The Labute approximate surface area is 156 Å². The van der Waals surface area contributed by atoms with E-state index in [1.54, 1.807) is 6.20 Å². The van der Waals surface area contributed by atoms with Crippen molar-refractivity contribution in [3.8, 4) is 0 Å². The van der Waals surface area contributed by atoms with Gasteiger partial charge in [0.1, 0.15) is 5.82 Å². The van der Waals surface area contributed by atoms with E-state index in [0.717, 1.165) is 75.8 Å². The molecule has 2 fully saturated rings. The highest BCUT2D eigenvalue weighted by Gasteiger charge is 2.23. The molecule has 1 aromatic rings. The van der Waals surface area contributed by atoms with Crippen LogP contribution < -0.4 is 10.2 Å². The summed E-state index contributed by atoms with van der Waals surface area (Å²) in [7, 11) is 0. The molecule has 2 aliphatic rings. The van der Waals surface area contributed by atoms with Crippen LogP contribution in [-0.4, -0.2) is 66.3 Å². The summed E-state index contributed by atoms with van der Waals surface area (Å²) >= 11 is 0. The summed E-state index contributed by atoms with van der Waals surface area (Å²) in [4.78, 5) is 25.4. The average molecular weight is 361 g/mol. The number of amides is 2. The summed E-state index contributed by atoms with van der Waals surface area (Å²) in [6.45, 7) is 8.63. The van der Waals surface area contributed by atoms with E-state index >= 15 is 0 Å². The predicted molar refractivity (Wildman–Crippen MR) is 102 cm³/mol. The van der Waals surface area contributed by atoms with Crippen LogP contribution in [0.5, 0.6) is 0 Å².